The van der Waals surface area contributed by atoms with Gasteiger partial charge in [0.25, 0.3) is 22.2 Å². The van der Waals surface area contributed by atoms with E-state index >= 15 is 0 Å². The molecular weight excluding hydrogens is 524 g/mol. The highest BCUT2D eigenvalue weighted by atomic mass is 16.2. The van der Waals surface area contributed by atoms with Crippen molar-refractivity contribution in [2.24, 2.45) is 7.05 Å². The third-order valence-corrected chi connectivity index (χ3v) is 9.04. The van der Waals surface area contributed by atoms with Crippen LogP contribution in [0.5, 0.6) is 0 Å². The highest BCUT2D eigenvalue weighted by molar-refractivity contribution is 5.98. The molecule has 2 aromatic heterocycles. The Bertz CT molecular complexity index is 2130. The van der Waals surface area contributed by atoms with Gasteiger partial charge in [0.1, 0.15) is 0 Å². The third-order valence-electron chi connectivity index (χ3n) is 9.04. The lowest BCUT2D eigenvalue weighted by Crippen LogP contribution is -2.24. The quantitative estimate of drug-likeness (QED) is 0.285. The second-order valence-corrected chi connectivity index (χ2v) is 12.3. The Labute approximate surface area is 242 Å². The molecule has 6 nitrogen and oxygen atoms in total. The molecule has 6 heteroatoms. The zero-order valence-corrected chi connectivity index (χ0v) is 24.6. The molecule has 4 aromatic carbocycles. The lowest BCUT2D eigenvalue weighted by atomic mass is 9.74. The molecule has 210 valence electrons. The van der Waals surface area contributed by atoms with E-state index < -0.39 is 22.2 Å². The van der Waals surface area contributed by atoms with Gasteiger partial charge in [-0.1, -0.05) is 93.9 Å². The summed E-state index contributed by atoms with van der Waals surface area (Å²) in [6, 6.07) is 27.5. The fraction of sp³-hybridized carbons (Fsp3) is 0.222. The van der Waals surface area contributed by atoms with Crippen LogP contribution in [0.4, 0.5) is 0 Å². The fourth-order valence-corrected chi connectivity index (χ4v) is 5.96. The number of nitrogens with zero attached hydrogens (tertiary/aromatic N) is 2. The summed E-state index contributed by atoms with van der Waals surface area (Å²) >= 11 is 0. The van der Waals surface area contributed by atoms with Gasteiger partial charge in [0.05, 0.1) is 27.2 Å². The predicted octanol–water partition coefficient (Wildman–Crippen LogP) is 5.40. The van der Waals surface area contributed by atoms with Crippen LogP contribution in [-0.2, 0) is 17.9 Å². The Morgan fingerprint density at radius 3 is 1.17 bits per heavy atom. The maximum atomic E-state index is 13.3. The second kappa shape index (κ2) is 9.35. The van der Waals surface area contributed by atoms with Gasteiger partial charge >= 0.3 is 0 Å². The van der Waals surface area contributed by atoms with Crippen molar-refractivity contribution in [1.29, 1.82) is 0 Å². The third kappa shape index (κ3) is 4.01. The molecule has 0 aliphatic heterocycles. The van der Waals surface area contributed by atoms with E-state index in [0.29, 0.717) is 5.69 Å². The SMILES string of the molecule is Cc1ccc(C(C)(C)c2ccc(C(C)(C)c3ccc(-n4c(=O)c5cc6c(=O)n(C)c(=O)c6cc5c4=O)cc3)cc2)cc1. The highest BCUT2D eigenvalue weighted by Crippen LogP contribution is 2.36. The molecule has 0 saturated heterocycles. The van der Waals surface area contributed by atoms with Crippen LogP contribution >= 0.6 is 0 Å². The summed E-state index contributed by atoms with van der Waals surface area (Å²) in [5.41, 5.74) is 3.91. The van der Waals surface area contributed by atoms with E-state index in [1.165, 1.54) is 35.9 Å². The summed E-state index contributed by atoms with van der Waals surface area (Å²) < 4.78 is 2.10. The number of aryl methyl sites for hydroxylation is 1. The molecule has 0 aliphatic rings. The number of hydrogen-bond acceptors (Lipinski definition) is 4. The Balaban J connectivity index is 1.34. The van der Waals surface area contributed by atoms with E-state index in [9.17, 15) is 19.2 Å². The fourth-order valence-electron chi connectivity index (χ4n) is 5.96. The number of benzene rings is 4. The Hall–Kier alpha value is -4.84. The largest absolute Gasteiger partial charge is 0.277 e. The minimum atomic E-state index is -0.508. The van der Waals surface area contributed by atoms with Crippen LogP contribution in [0.25, 0.3) is 27.2 Å². The summed E-state index contributed by atoms with van der Waals surface area (Å²) in [5, 5.41) is 0.561. The molecule has 0 aliphatic carbocycles. The van der Waals surface area contributed by atoms with E-state index in [0.717, 1.165) is 20.3 Å². The summed E-state index contributed by atoms with van der Waals surface area (Å²) in [7, 11) is 1.38. The zero-order valence-electron chi connectivity index (χ0n) is 24.6. The smallest absolute Gasteiger partial charge is 0.266 e. The van der Waals surface area contributed by atoms with Crippen LogP contribution in [0.3, 0.4) is 0 Å². The topological polar surface area (TPSA) is 78.1 Å². The second-order valence-electron chi connectivity index (χ2n) is 12.3. The molecule has 0 fully saturated rings. The minimum absolute atomic E-state index is 0.133. The van der Waals surface area contributed by atoms with E-state index in [4.69, 9.17) is 0 Å². The Morgan fingerprint density at radius 2 is 0.786 bits per heavy atom. The van der Waals surface area contributed by atoms with Crippen LogP contribution in [0, 0.1) is 6.92 Å². The average Bonchev–Trinajstić information content (AvgIpc) is 3.35. The molecule has 6 aromatic rings. The standard InChI is InChI=1S/C36H32N2O4/c1-21-7-9-22(10-8-21)35(2,3)23-11-13-24(14-12-23)36(4,5)25-15-17-26(18-16-25)38-33(41)29-19-27-28(20-30(29)34(38)42)32(40)37(6)31(27)39/h7-20H,1-6H3. The molecular formula is C36H32N2O4. The minimum Gasteiger partial charge on any atom is -0.277 e. The van der Waals surface area contributed by atoms with Crippen LogP contribution < -0.4 is 22.2 Å². The van der Waals surface area contributed by atoms with Crippen molar-refractivity contribution >= 4 is 21.5 Å². The molecule has 6 rings (SSSR count). The van der Waals surface area contributed by atoms with E-state index in [2.05, 4.69) is 83.1 Å². The molecule has 0 unspecified atom stereocenters. The van der Waals surface area contributed by atoms with Gasteiger partial charge in [-0.25, -0.2) is 4.57 Å². The molecule has 0 N–H and O–H groups in total. The van der Waals surface area contributed by atoms with E-state index in [-0.39, 0.29) is 32.4 Å². The normalized spacial score (nSPS) is 12.4. The molecule has 2 heterocycles. The first-order chi connectivity index (χ1) is 19.8. The maximum absolute atomic E-state index is 13.3. The van der Waals surface area contributed by atoms with Gasteiger partial charge in [0, 0.05) is 17.9 Å². The summed E-state index contributed by atoms with van der Waals surface area (Å²) in [6.45, 7) is 10.9. The van der Waals surface area contributed by atoms with Crippen molar-refractivity contribution in [1.82, 2.24) is 9.13 Å². The first-order valence-corrected chi connectivity index (χ1v) is 14.0. The lowest BCUT2D eigenvalue weighted by molar-refractivity contribution is 0.626. The summed E-state index contributed by atoms with van der Waals surface area (Å²) in [6.07, 6.45) is 0. The van der Waals surface area contributed by atoms with Crippen molar-refractivity contribution in [2.75, 3.05) is 0 Å². The van der Waals surface area contributed by atoms with Crippen LogP contribution in [0.2, 0.25) is 0 Å². The highest BCUT2D eigenvalue weighted by Gasteiger charge is 2.27. The van der Waals surface area contributed by atoms with Gasteiger partial charge in [-0.15, -0.1) is 0 Å². The van der Waals surface area contributed by atoms with Gasteiger partial charge in [-0.2, -0.15) is 0 Å². The molecule has 0 spiro atoms. The van der Waals surface area contributed by atoms with E-state index in [1.807, 2.05) is 12.1 Å². The van der Waals surface area contributed by atoms with Crippen molar-refractivity contribution in [3.05, 3.63) is 154 Å². The lowest BCUT2D eigenvalue weighted by Gasteiger charge is -2.29. The number of fused-ring (bicyclic) bond motifs is 2. The average molecular weight is 557 g/mol. The van der Waals surface area contributed by atoms with Gasteiger partial charge < -0.3 is 0 Å². The van der Waals surface area contributed by atoms with Crippen molar-refractivity contribution in [3.8, 4) is 5.69 Å². The van der Waals surface area contributed by atoms with E-state index in [1.54, 1.807) is 12.1 Å². The van der Waals surface area contributed by atoms with Crippen LogP contribution in [0.15, 0.2) is 104 Å². The molecule has 0 atom stereocenters. The van der Waals surface area contributed by atoms with Gasteiger partial charge in [0.15, 0.2) is 0 Å². The van der Waals surface area contributed by atoms with Gasteiger partial charge in [-0.3, -0.25) is 23.7 Å². The summed E-state index contributed by atoms with van der Waals surface area (Å²) in [5.74, 6) is 0. The molecule has 0 radical (unpaired) electrons. The molecule has 0 saturated carbocycles. The number of aromatic nitrogens is 2. The van der Waals surface area contributed by atoms with Gasteiger partial charge in [-0.05, 0) is 53.4 Å². The molecule has 0 bridgehead atoms. The Morgan fingerprint density at radius 1 is 0.476 bits per heavy atom. The predicted molar refractivity (Wildman–Crippen MR) is 169 cm³/mol. The first kappa shape index (κ1) is 27.3. The monoisotopic (exact) mass is 556 g/mol. The van der Waals surface area contributed by atoms with Crippen molar-refractivity contribution in [2.45, 2.75) is 45.4 Å². The van der Waals surface area contributed by atoms with Crippen LogP contribution in [-0.4, -0.2) is 9.13 Å². The Kier molecular flexibility index (Phi) is 6.08. The molecule has 0 amide bonds. The summed E-state index contributed by atoms with van der Waals surface area (Å²) in [4.78, 5) is 51.5. The maximum Gasteiger partial charge on any atom is 0.266 e. The first-order valence-electron chi connectivity index (χ1n) is 14.0. The number of rotatable bonds is 5. The zero-order chi connectivity index (χ0) is 30.1. The molecule has 42 heavy (non-hydrogen) atoms. The number of hydrogen-bond donors (Lipinski definition) is 0. The van der Waals surface area contributed by atoms with Crippen molar-refractivity contribution in [3.63, 3.8) is 0 Å². The van der Waals surface area contributed by atoms with Gasteiger partial charge in [0.2, 0.25) is 0 Å². The van der Waals surface area contributed by atoms with Crippen LogP contribution in [0.1, 0.15) is 55.5 Å². The van der Waals surface area contributed by atoms with Crippen molar-refractivity contribution < 1.29 is 0 Å².